The van der Waals surface area contributed by atoms with E-state index in [9.17, 15) is 4.79 Å². The molecular formula is C24H23Cl2N3O2S. The Morgan fingerprint density at radius 2 is 1.84 bits per heavy atom. The van der Waals surface area contributed by atoms with Gasteiger partial charge < -0.3 is 14.6 Å². The second-order valence-electron chi connectivity index (χ2n) is 7.79. The van der Waals surface area contributed by atoms with E-state index >= 15 is 0 Å². The SMILES string of the molecule is C[C@@H]1CCCCN1c1ccc(NC(=S)NC(=O)c2ccc(-c3ccc(Cl)c(Cl)c3)o2)cc1. The molecule has 2 aromatic carbocycles. The van der Waals surface area contributed by atoms with Crippen LogP contribution in [0.25, 0.3) is 11.3 Å². The smallest absolute Gasteiger partial charge is 0.293 e. The van der Waals surface area contributed by atoms with Gasteiger partial charge in [-0.2, -0.15) is 0 Å². The maximum atomic E-state index is 12.5. The highest BCUT2D eigenvalue weighted by Crippen LogP contribution is 2.30. The van der Waals surface area contributed by atoms with E-state index in [4.69, 9.17) is 39.8 Å². The largest absolute Gasteiger partial charge is 0.451 e. The monoisotopic (exact) mass is 487 g/mol. The number of piperidine rings is 1. The van der Waals surface area contributed by atoms with Gasteiger partial charge in [0.05, 0.1) is 10.0 Å². The first-order valence-electron chi connectivity index (χ1n) is 10.4. The molecule has 1 amide bonds. The van der Waals surface area contributed by atoms with Crippen molar-refractivity contribution >= 4 is 57.8 Å². The number of anilines is 2. The molecule has 166 valence electrons. The summed E-state index contributed by atoms with van der Waals surface area (Å²) in [5.74, 6) is 0.215. The Bertz CT molecular complexity index is 1130. The predicted molar refractivity (Wildman–Crippen MR) is 135 cm³/mol. The van der Waals surface area contributed by atoms with E-state index in [2.05, 4.69) is 34.6 Å². The van der Waals surface area contributed by atoms with E-state index in [0.717, 1.165) is 17.8 Å². The molecule has 0 bridgehead atoms. The summed E-state index contributed by atoms with van der Waals surface area (Å²) in [6, 6.07) is 17.0. The number of hydrogen-bond acceptors (Lipinski definition) is 4. The van der Waals surface area contributed by atoms with Crippen molar-refractivity contribution in [3.05, 3.63) is 70.4 Å². The minimum absolute atomic E-state index is 0.143. The van der Waals surface area contributed by atoms with Crippen LogP contribution in [0, 0.1) is 0 Å². The van der Waals surface area contributed by atoms with Crippen molar-refractivity contribution in [3.63, 3.8) is 0 Å². The lowest BCUT2D eigenvalue weighted by atomic mass is 10.0. The summed E-state index contributed by atoms with van der Waals surface area (Å²) in [4.78, 5) is 14.9. The van der Waals surface area contributed by atoms with Crippen molar-refractivity contribution in [1.29, 1.82) is 0 Å². The van der Waals surface area contributed by atoms with Crippen LogP contribution in [0.1, 0.15) is 36.7 Å². The number of nitrogens with zero attached hydrogens (tertiary/aromatic N) is 1. The lowest BCUT2D eigenvalue weighted by molar-refractivity contribution is 0.0951. The lowest BCUT2D eigenvalue weighted by Gasteiger charge is -2.35. The molecule has 2 N–H and O–H groups in total. The summed E-state index contributed by atoms with van der Waals surface area (Å²) in [5, 5.41) is 6.75. The lowest BCUT2D eigenvalue weighted by Crippen LogP contribution is -2.37. The van der Waals surface area contributed by atoms with E-state index < -0.39 is 5.91 Å². The number of carbonyl (C=O) groups is 1. The van der Waals surface area contributed by atoms with Gasteiger partial charge in [-0.25, -0.2) is 0 Å². The van der Waals surface area contributed by atoms with Gasteiger partial charge in [0.2, 0.25) is 0 Å². The summed E-state index contributed by atoms with van der Waals surface area (Å²) in [7, 11) is 0. The van der Waals surface area contributed by atoms with Crippen LogP contribution in [0.2, 0.25) is 10.0 Å². The standard InChI is InChI=1S/C24H23Cl2N3O2S/c1-15-4-2-3-13-29(15)18-8-6-17(7-9-18)27-24(32)28-23(30)22-12-11-21(31-22)16-5-10-19(25)20(26)14-16/h5-12,14-15H,2-4,13H2,1H3,(H2,27,28,30,32)/t15-/m1/s1. The minimum Gasteiger partial charge on any atom is -0.451 e. The van der Waals surface area contributed by atoms with Crippen molar-refractivity contribution < 1.29 is 9.21 Å². The van der Waals surface area contributed by atoms with Gasteiger partial charge in [-0.15, -0.1) is 0 Å². The van der Waals surface area contributed by atoms with Crippen molar-refractivity contribution in [2.24, 2.45) is 0 Å². The van der Waals surface area contributed by atoms with Gasteiger partial charge in [0.15, 0.2) is 10.9 Å². The van der Waals surface area contributed by atoms with Crippen LogP contribution in [0.15, 0.2) is 59.0 Å². The third-order valence-electron chi connectivity index (χ3n) is 5.52. The molecule has 1 aliphatic rings. The van der Waals surface area contributed by atoms with Crippen LogP contribution < -0.4 is 15.5 Å². The fraction of sp³-hybridized carbons (Fsp3) is 0.250. The Balaban J connectivity index is 1.35. The number of nitrogens with one attached hydrogen (secondary N) is 2. The van der Waals surface area contributed by atoms with Gasteiger partial charge in [-0.05, 0) is 93.0 Å². The van der Waals surface area contributed by atoms with Gasteiger partial charge in [-0.3, -0.25) is 10.1 Å². The summed E-state index contributed by atoms with van der Waals surface area (Å²) < 4.78 is 5.66. The highest BCUT2D eigenvalue weighted by Gasteiger charge is 2.18. The highest BCUT2D eigenvalue weighted by atomic mass is 35.5. The third-order valence-corrected chi connectivity index (χ3v) is 6.46. The Labute approximate surface area is 202 Å². The van der Waals surface area contributed by atoms with Crippen LogP contribution in [0.5, 0.6) is 0 Å². The molecule has 32 heavy (non-hydrogen) atoms. The zero-order valence-corrected chi connectivity index (χ0v) is 19.9. The van der Waals surface area contributed by atoms with Crippen LogP contribution >= 0.6 is 35.4 Å². The number of rotatable bonds is 4. The van der Waals surface area contributed by atoms with Crippen LogP contribution in [0.3, 0.4) is 0 Å². The molecule has 3 aromatic rings. The first kappa shape index (κ1) is 22.6. The van der Waals surface area contributed by atoms with E-state index in [0.29, 0.717) is 21.8 Å². The molecular weight excluding hydrogens is 465 g/mol. The number of amides is 1. The molecule has 1 aliphatic heterocycles. The van der Waals surface area contributed by atoms with Gasteiger partial charge in [0, 0.05) is 29.5 Å². The molecule has 0 saturated carbocycles. The van der Waals surface area contributed by atoms with Gasteiger partial charge in [-0.1, -0.05) is 23.2 Å². The maximum Gasteiger partial charge on any atom is 0.293 e. The fourth-order valence-corrected chi connectivity index (χ4v) is 4.32. The van der Waals surface area contributed by atoms with Crippen LogP contribution in [-0.4, -0.2) is 23.6 Å². The van der Waals surface area contributed by atoms with E-state index in [-0.39, 0.29) is 10.9 Å². The second kappa shape index (κ2) is 9.94. The highest BCUT2D eigenvalue weighted by molar-refractivity contribution is 7.80. The van der Waals surface area contributed by atoms with Gasteiger partial charge in [0.1, 0.15) is 5.76 Å². The molecule has 2 heterocycles. The molecule has 1 fully saturated rings. The number of furan rings is 1. The number of carbonyl (C=O) groups excluding carboxylic acids is 1. The molecule has 0 spiro atoms. The second-order valence-corrected chi connectivity index (χ2v) is 9.01. The predicted octanol–water partition coefficient (Wildman–Crippen LogP) is 6.76. The van der Waals surface area contributed by atoms with Gasteiger partial charge >= 0.3 is 0 Å². The first-order valence-corrected chi connectivity index (χ1v) is 11.6. The molecule has 0 aliphatic carbocycles. The normalized spacial score (nSPS) is 16.0. The molecule has 0 radical (unpaired) electrons. The van der Waals surface area contributed by atoms with Gasteiger partial charge in [0.25, 0.3) is 5.91 Å². The number of thiocarbonyl (C=S) groups is 1. The Morgan fingerprint density at radius 1 is 1.06 bits per heavy atom. The Kier molecular flexibility index (Phi) is 7.04. The Hall–Kier alpha value is -2.54. The van der Waals surface area contributed by atoms with Crippen molar-refractivity contribution in [1.82, 2.24) is 5.32 Å². The zero-order valence-electron chi connectivity index (χ0n) is 17.5. The van der Waals surface area contributed by atoms with Crippen molar-refractivity contribution in [2.45, 2.75) is 32.2 Å². The quantitative estimate of drug-likeness (QED) is 0.398. The molecule has 1 aromatic heterocycles. The van der Waals surface area contributed by atoms with Crippen molar-refractivity contribution in [3.8, 4) is 11.3 Å². The molecule has 0 unspecified atom stereocenters. The maximum absolute atomic E-state index is 12.5. The zero-order chi connectivity index (χ0) is 22.7. The number of halogens is 2. The molecule has 8 heteroatoms. The molecule has 4 rings (SSSR count). The average Bonchev–Trinajstić information content (AvgIpc) is 3.27. The van der Waals surface area contributed by atoms with Crippen molar-refractivity contribution in [2.75, 3.05) is 16.8 Å². The number of hydrogen-bond donors (Lipinski definition) is 2. The van der Waals surface area contributed by atoms with Crippen LogP contribution in [0.4, 0.5) is 11.4 Å². The van der Waals surface area contributed by atoms with E-state index in [1.807, 2.05) is 12.1 Å². The first-order chi connectivity index (χ1) is 15.4. The Morgan fingerprint density at radius 3 is 2.56 bits per heavy atom. The van der Waals surface area contributed by atoms with E-state index in [1.165, 1.54) is 24.9 Å². The molecule has 5 nitrogen and oxygen atoms in total. The summed E-state index contributed by atoms with van der Waals surface area (Å²) in [6.07, 6.45) is 3.73. The van der Waals surface area contributed by atoms with Crippen LogP contribution in [-0.2, 0) is 0 Å². The average molecular weight is 488 g/mol. The molecule has 1 atom stereocenters. The summed E-state index contributed by atoms with van der Waals surface area (Å²) in [5.41, 5.74) is 2.73. The minimum atomic E-state index is -0.437. The third kappa shape index (κ3) is 5.26. The fourth-order valence-electron chi connectivity index (χ4n) is 3.81. The number of benzene rings is 2. The topological polar surface area (TPSA) is 57.5 Å². The molecule has 1 saturated heterocycles. The summed E-state index contributed by atoms with van der Waals surface area (Å²) in [6.45, 7) is 3.34. The van der Waals surface area contributed by atoms with E-state index in [1.54, 1.807) is 30.3 Å². The summed E-state index contributed by atoms with van der Waals surface area (Å²) >= 11 is 17.3.